The number of hydrogen-bond donors (Lipinski definition) is 1. The Morgan fingerprint density at radius 3 is 2.42 bits per heavy atom. The summed E-state index contributed by atoms with van der Waals surface area (Å²) >= 11 is 0. The zero-order valence-electron chi connectivity index (χ0n) is 21.8. The summed E-state index contributed by atoms with van der Waals surface area (Å²) in [5.41, 5.74) is 7.05. The van der Waals surface area contributed by atoms with E-state index in [0.29, 0.717) is 0 Å². The van der Waals surface area contributed by atoms with Crippen LogP contribution in [0.15, 0.2) is 48.8 Å². The first kappa shape index (κ1) is 22.7. The molecule has 0 amide bonds. The van der Waals surface area contributed by atoms with Crippen molar-refractivity contribution in [2.24, 2.45) is 0 Å². The maximum Gasteiger partial charge on any atom is 0.147 e. The number of fused-ring (bicyclic) bond motifs is 8. The lowest BCUT2D eigenvalue weighted by atomic mass is 9.93. The lowest BCUT2D eigenvalue weighted by Gasteiger charge is -2.31. The number of H-pyrrole nitrogens is 1. The lowest BCUT2D eigenvalue weighted by Crippen LogP contribution is -2.23. The van der Waals surface area contributed by atoms with E-state index in [2.05, 4.69) is 27.9 Å². The fraction of sp³-hybridized carbons (Fsp3) is 0.267. The first-order valence-electron chi connectivity index (χ1n) is 12.7. The summed E-state index contributed by atoms with van der Waals surface area (Å²) < 4.78 is 24.9. The summed E-state index contributed by atoms with van der Waals surface area (Å²) in [7, 11) is 6.76. The third-order valence-electron chi connectivity index (χ3n) is 7.84. The highest BCUT2D eigenvalue weighted by Crippen LogP contribution is 2.46. The van der Waals surface area contributed by atoms with Crippen LogP contribution >= 0.6 is 0 Å². The molecule has 1 atom stereocenters. The van der Waals surface area contributed by atoms with E-state index in [1.807, 2.05) is 30.5 Å². The molecule has 5 heterocycles. The maximum atomic E-state index is 5.94. The van der Waals surface area contributed by atoms with Gasteiger partial charge in [0.15, 0.2) is 0 Å². The van der Waals surface area contributed by atoms with Gasteiger partial charge < -0.3 is 28.5 Å². The third kappa shape index (κ3) is 3.16. The van der Waals surface area contributed by atoms with Gasteiger partial charge in [-0.15, -0.1) is 0 Å². The van der Waals surface area contributed by atoms with Crippen molar-refractivity contribution >= 4 is 32.7 Å². The van der Waals surface area contributed by atoms with E-state index in [1.54, 1.807) is 28.4 Å². The molecular formula is C30H28N4O4. The highest BCUT2D eigenvalue weighted by molar-refractivity contribution is 6.11. The smallest absolute Gasteiger partial charge is 0.147 e. The van der Waals surface area contributed by atoms with Gasteiger partial charge in [-0.2, -0.15) is 0 Å². The molecule has 0 saturated heterocycles. The van der Waals surface area contributed by atoms with E-state index in [4.69, 9.17) is 28.9 Å². The number of aromatic amines is 1. The van der Waals surface area contributed by atoms with E-state index in [-0.39, 0.29) is 6.04 Å². The van der Waals surface area contributed by atoms with Crippen molar-refractivity contribution in [1.82, 2.24) is 19.5 Å². The third-order valence-corrected chi connectivity index (χ3v) is 7.84. The van der Waals surface area contributed by atoms with E-state index in [9.17, 15) is 0 Å². The summed E-state index contributed by atoms with van der Waals surface area (Å²) in [6.07, 6.45) is 6.87. The molecule has 2 aromatic heterocycles. The molecule has 3 aliphatic rings. The average molecular weight is 509 g/mol. The van der Waals surface area contributed by atoms with E-state index < -0.39 is 0 Å². The van der Waals surface area contributed by atoms with Crippen LogP contribution < -0.4 is 18.9 Å². The normalized spacial score (nSPS) is 15.3. The molecule has 2 aromatic carbocycles. The van der Waals surface area contributed by atoms with Gasteiger partial charge in [-0.05, 0) is 43.5 Å². The van der Waals surface area contributed by atoms with Crippen LogP contribution in [0.25, 0.3) is 44.0 Å². The van der Waals surface area contributed by atoms with Crippen molar-refractivity contribution in [2.45, 2.75) is 25.3 Å². The SMILES string of the molecule is COc1ccc2c3c(OC)cn4c(c-3nc2c1)CCCC4c1ncc(OC)c2c1[nH]c1cc(OC)ccc12. The van der Waals surface area contributed by atoms with Gasteiger partial charge in [0.1, 0.15) is 23.0 Å². The molecule has 38 heavy (non-hydrogen) atoms. The summed E-state index contributed by atoms with van der Waals surface area (Å²) in [4.78, 5) is 13.7. The predicted molar refractivity (Wildman–Crippen MR) is 147 cm³/mol. The van der Waals surface area contributed by atoms with Crippen molar-refractivity contribution < 1.29 is 18.9 Å². The zero-order valence-corrected chi connectivity index (χ0v) is 21.8. The minimum Gasteiger partial charge on any atom is -0.497 e. The number of pyridine rings is 2. The molecule has 1 unspecified atom stereocenters. The number of nitrogens with one attached hydrogen (secondary N) is 1. The van der Waals surface area contributed by atoms with Crippen molar-refractivity contribution in [3.63, 3.8) is 0 Å². The summed E-state index contributed by atoms with van der Waals surface area (Å²) in [6, 6.07) is 12.1. The fourth-order valence-corrected chi connectivity index (χ4v) is 6.06. The van der Waals surface area contributed by atoms with Crippen molar-refractivity contribution in [1.29, 1.82) is 0 Å². The Balaban J connectivity index is 1.49. The quantitative estimate of drug-likeness (QED) is 0.302. The second kappa shape index (κ2) is 8.55. The number of ether oxygens (including phenoxy) is 4. The van der Waals surface area contributed by atoms with Crippen LogP contribution in [0.1, 0.15) is 30.3 Å². The minimum atomic E-state index is 0.00904. The topological polar surface area (TPSA) is 83.4 Å². The summed E-state index contributed by atoms with van der Waals surface area (Å²) in [5, 5.41) is 3.17. The number of methoxy groups -OCH3 is 4. The molecule has 0 aliphatic carbocycles. The van der Waals surface area contributed by atoms with Crippen LogP contribution in [0.5, 0.6) is 23.0 Å². The van der Waals surface area contributed by atoms with Gasteiger partial charge >= 0.3 is 0 Å². The first-order valence-corrected chi connectivity index (χ1v) is 12.7. The monoisotopic (exact) mass is 508 g/mol. The van der Waals surface area contributed by atoms with Gasteiger partial charge in [0.25, 0.3) is 0 Å². The van der Waals surface area contributed by atoms with Crippen LogP contribution in [0, 0.1) is 0 Å². The second-order valence-electron chi connectivity index (χ2n) is 9.68. The van der Waals surface area contributed by atoms with Crippen molar-refractivity contribution in [3.05, 3.63) is 60.2 Å². The number of rotatable bonds is 5. The summed E-state index contributed by atoms with van der Waals surface area (Å²) in [6.45, 7) is 0. The van der Waals surface area contributed by atoms with Crippen LogP contribution in [0.4, 0.5) is 0 Å². The highest BCUT2D eigenvalue weighted by atomic mass is 16.5. The minimum absolute atomic E-state index is 0.00904. The Bertz CT molecular complexity index is 1820. The standard InChI is InChI=1S/C30H28N4O4/c1-35-16-9-11-19-20(12-16)32-28-22-6-5-7-23(34(22)15-25(38-4)27(19)28)29-30-26(24(37-3)14-31-29)18-10-8-17(36-2)13-21(18)33-30/h8-15,23,33H,5-7H2,1-4H3. The van der Waals surface area contributed by atoms with Crippen molar-refractivity contribution in [3.8, 4) is 34.3 Å². The van der Waals surface area contributed by atoms with E-state index >= 15 is 0 Å². The molecule has 0 saturated carbocycles. The molecule has 0 fully saturated rings. The Kier molecular flexibility index (Phi) is 5.11. The van der Waals surface area contributed by atoms with Crippen LogP contribution in [-0.4, -0.2) is 48.0 Å². The van der Waals surface area contributed by atoms with Gasteiger partial charge in [-0.25, -0.2) is 4.98 Å². The van der Waals surface area contributed by atoms with Gasteiger partial charge in [-0.1, -0.05) is 0 Å². The molecule has 1 N–H and O–H groups in total. The molecule has 3 aliphatic heterocycles. The molecular weight excluding hydrogens is 480 g/mol. The molecule has 8 nitrogen and oxygen atoms in total. The van der Waals surface area contributed by atoms with Crippen LogP contribution in [0.2, 0.25) is 0 Å². The van der Waals surface area contributed by atoms with Crippen LogP contribution in [-0.2, 0) is 6.42 Å². The Morgan fingerprint density at radius 2 is 1.66 bits per heavy atom. The van der Waals surface area contributed by atoms with Crippen molar-refractivity contribution in [2.75, 3.05) is 28.4 Å². The summed E-state index contributed by atoms with van der Waals surface area (Å²) in [5.74, 6) is 3.13. The van der Waals surface area contributed by atoms with Gasteiger partial charge in [0, 0.05) is 34.8 Å². The zero-order chi connectivity index (χ0) is 26.0. The molecule has 4 aromatic rings. The number of hydrogen-bond acceptors (Lipinski definition) is 6. The highest BCUT2D eigenvalue weighted by Gasteiger charge is 2.31. The van der Waals surface area contributed by atoms with E-state index in [1.165, 1.54) is 5.69 Å². The second-order valence-corrected chi connectivity index (χ2v) is 9.68. The Morgan fingerprint density at radius 1 is 0.895 bits per heavy atom. The number of nitrogens with zero attached hydrogens (tertiary/aromatic N) is 3. The number of benzene rings is 2. The average Bonchev–Trinajstić information content (AvgIpc) is 3.54. The molecule has 0 spiro atoms. The van der Waals surface area contributed by atoms with Gasteiger partial charge in [-0.3, -0.25) is 4.98 Å². The molecule has 7 rings (SSSR count). The Labute approximate surface area is 219 Å². The predicted octanol–water partition coefficient (Wildman–Crippen LogP) is 6.13. The fourth-order valence-electron chi connectivity index (χ4n) is 6.06. The Hall–Kier alpha value is -4.46. The van der Waals surface area contributed by atoms with Gasteiger partial charge in [0.05, 0.1) is 79.6 Å². The molecule has 8 heteroatoms. The first-order chi connectivity index (χ1) is 18.6. The van der Waals surface area contributed by atoms with Crippen LogP contribution in [0.3, 0.4) is 0 Å². The molecule has 0 bridgehead atoms. The molecule has 0 radical (unpaired) electrons. The largest absolute Gasteiger partial charge is 0.497 e. The molecule has 192 valence electrons. The maximum absolute atomic E-state index is 5.94. The van der Waals surface area contributed by atoms with Gasteiger partial charge in [0.2, 0.25) is 0 Å². The van der Waals surface area contributed by atoms with E-state index in [0.717, 1.165) is 91.9 Å². The number of aromatic nitrogens is 4. The lowest BCUT2D eigenvalue weighted by molar-refractivity contribution is 0.392.